The molecular weight excluding hydrogens is 260 g/mol. The Hall–Kier alpha value is -0.280. The first kappa shape index (κ1) is 18.7. The average Bonchev–Trinajstić information content (AvgIpc) is 2.39. The van der Waals surface area contributed by atoms with Crippen molar-refractivity contribution in [1.82, 2.24) is 10.6 Å². The molecule has 0 aromatic heterocycles. The Morgan fingerprint density at radius 1 is 1.32 bits per heavy atom. The zero-order chi connectivity index (χ0) is 13.4. The highest BCUT2D eigenvalue weighted by Crippen LogP contribution is 2.24. The third-order valence-corrected chi connectivity index (χ3v) is 4.19. The van der Waals surface area contributed by atoms with Crippen LogP contribution in [0.4, 0.5) is 0 Å². The van der Waals surface area contributed by atoms with E-state index < -0.39 is 0 Å². The smallest absolute Gasteiger partial charge is 0.220 e. The molecule has 1 fully saturated rings. The van der Waals surface area contributed by atoms with E-state index in [0.29, 0.717) is 18.4 Å². The maximum atomic E-state index is 12.0. The van der Waals surface area contributed by atoms with Crippen molar-refractivity contribution in [2.75, 3.05) is 13.1 Å². The van der Waals surface area contributed by atoms with E-state index in [1.807, 2.05) is 0 Å². The Kier molecular flexibility index (Phi) is 10.3. The Labute approximate surface area is 124 Å². The molecule has 2 atom stereocenters. The predicted molar refractivity (Wildman–Crippen MR) is 83.8 cm³/mol. The Balaban J connectivity index is 0.00000324. The highest BCUT2D eigenvalue weighted by Gasteiger charge is 2.22. The zero-order valence-corrected chi connectivity index (χ0v) is 13.5. The molecule has 0 aliphatic carbocycles. The Morgan fingerprint density at radius 2 is 1.95 bits per heavy atom. The van der Waals surface area contributed by atoms with Gasteiger partial charge in [-0.2, -0.15) is 0 Å². The van der Waals surface area contributed by atoms with Gasteiger partial charge in [-0.1, -0.05) is 27.2 Å². The fraction of sp³-hybridized carbons (Fsp3) is 0.933. The minimum Gasteiger partial charge on any atom is -0.353 e. The van der Waals surface area contributed by atoms with Crippen LogP contribution >= 0.6 is 12.4 Å². The van der Waals surface area contributed by atoms with Gasteiger partial charge in [-0.25, -0.2) is 0 Å². The van der Waals surface area contributed by atoms with Crippen LogP contribution in [-0.2, 0) is 4.79 Å². The standard InChI is InChI=1S/C15H30N2O.ClH/c1-4-6-14(5-2)17-15(18)11-12(3)13-7-9-16-10-8-13;/h12-14,16H,4-11H2,1-3H3,(H,17,18);1H. The molecule has 1 amide bonds. The molecule has 0 saturated carbocycles. The largest absolute Gasteiger partial charge is 0.353 e. The normalized spacial score (nSPS) is 19.3. The average molecular weight is 291 g/mol. The number of piperidine rings is 1. The molecule has 0 aromatic rings. The maximum absolute atomic E-state index is 12.0. The van der Waals surface area contributed by atoms with Crippen LogP contribution in [0.1, 0.15) is 59.3 Å². The number of rotatable bonds is 7. The lowest BCUT2D eigenvalue weighted by atomic mass is 9.84. The van der Waals surface area contributed by atoms with E-state index in [1.54, 1.807) is 0 Å². The van der Waals surface area contributed by atoms with Crippen LogP contribution < -0.4 is 10.6 Å². The quantitative estimate of drug-likeness (QED) is 0.756. The Bertz CT molecular complexity index is 242. The van der Waals surface area contributed by atoms with Crippen LogP contribution in [-0.4, -0.2) is 25.0 Å². The number of amides is 1. The topological polar surface area (TPSA) is 41.1 Å². The van der Waals surface area contributed by atoms with Crippen molar-refractivity contribution in [1.29, 1.82) is 0 Å². The summed E-state index contributed by atoms with van der Waals surface area (Å²) < 4.78 is 0. The summed E-state index contributed by atoms with van der Waals surface area (Å²) in [6, 6.07) is 0.378. The van der Waals surface area contributed by atoms with Gasteiger partial charge in [0.1, 0.15) is 0 Å². The second-order valence-electron chi connectivity index (χ2n) is 5.73. The molecule has 114 valence electrons. The molecule has 1 aliphatic heterocycles. The van der Waals surface area contributed by atoms with E-state index in [1.165, 1.54) is 12.8 Å². The lowest BCUT2D eigenvalue weighted by Crippen LogP contribution is -2.37. The van der Waals surface area contributed by atoms with Crippen molar-refractivity contribution in [3.8, 4) is 0 Å². The van der Waals surface area contributed by atoms with E-state index in [2.05, 4.69) is 31.4 Å². The SMILES string of the molecule is CCCC(CC)NC(=O)CC(C)C1CCNCC1.Cl. The lowest BCUT2D eigenvalue weighted by Gasteiger charge is -2.28. The summed E-state index contributed by atoms with van der Waals surface area (Å²) in [4.78, 5) is 12.0. The number of carbonyl (C=O) groups is 1. The molecule has 1 rings (SSSR count). The van der Waals surface area contributed by atoms with Gasteiger partial charge < -0.3 is 10.6 Å². The number of nitrogens with one attached hydrogen (secondary N) is 2. The number of halogens is 1. The molecule has 0 radical (unpaired) electrons. The second-order valence-corrected chi connectivity index (χ2v) is 5.73. The van der Waals surface area contributed by atoms with Gasteiger partial charge in [0, 0.05) is 12.5 Å². The van der Waals surface area contributed by atoms with Crippen LogP contribution in [0.2, 0.25) is 0 Å². The minimum atomic E-state index is 0. The lowest BCUT2D eigenvalue weighted by molar-refractivity contribution is -0.123. The molecule has 1 saturated heterocycles. The van der Waals surface area contributed by atoms with Gasteiger partial charge >= 0.3 is 0 Å². The van der Waals surface area contributed by atoms with Gasteiger partial charge in [0.15, 0.2) is 0 Å². The van der Waals surface area contributed by atoms with Gasteiger partial charge in [0.2, 0.25) is 5.91 Å². The molecule has 2 N–H and O–H groups in total. The maximum Gasteiger partial charge on any atom is 0.220 e. The summed E-state index contributed by atoms with van der Waals surface area (Å²) in [5, 5.41) is 6.56. The van der Waals surface area contributed by atoms with Crippen molar-refractivity contribution in [3.63, 3.8) is 0 Å². The minimum absolute atomic E-state index is 0. The first-order valence-electron chi connectivity index (χ1n) is 7.67. The molecular formula is C15H31ClN2O. The number of carbonyl (C=O) groups excluding carboxylic acids is 1. The molecule has 19 heavy (non-hydrogen) atoms. The third-order valence-electron chi connectivity index (χ3n) is 4.19. The van der Waals surface area contributed by atoms with Crippen LogP contribution in [0.25, 0.3) is 0 Å². The van der Waals surface area contributed by atoms with E-state index >= 15 is 0 Å². The van der Waals surface area contributed by atoms with Gasteiger partial charge in [0.05, 0.1) is 0 Å². The highest BCUT2D eigenvalue weighted by atomic mass is 35.5. The molecule has 0 spiro atoms. The highest BCUT2D eigenvalue weighted by molar-refractivity contribution is 5.85. The zero-order valence-electron chi connectivity index (χ0n) is 12.7. The third kappa shape index (κ3) is 7.17. The molecule has 0 aromatic carbocycles. The second kappa shape index (κ2) is 10.5. The van der Waals surface area contributed by atoms with Gasteiger partial charge in [-0.05, 0) is 50.6 Å². The summed E-state index contributed by atoms with van der Waals surface area (Å²) in [5.74, 6) is 1.50. The van der Waals surface area contributed by atoms with Gasteiger partial charge in [-0.15, -0.1) is 12.4 Å². The summed E-state index contributed by atoms with van der Waals surface area (Å²) in [6.45, 7) is 8.79. The molecule has 2 unspecified atom stereocenters. The molecule has 1 aliphatic rings. The van der Waals surface area contributed by atoms with Crippen LogP contribution in [0.3, 0.4) is 0 Å². The summed E-state index contributed by atoms with van der Waals surface area (Å²) in [6.07, 6.45) is 6.43. The first-order chi connectivity index (χ1) is 8.67. The monoisotopic (exact) mass is 290 g/mol. The fourth-order valence-corrected chi connectivity index (χ4v) is 2.89. The van der Waals surface area contributed by atoms with E-state index in [4.69, 9.17) is 0 Å². The van der Waals surface area contributed by atoms with Gasteiger partial charge in [-0.3, -0.25) is 4.79 Å². The Morgan fingerprint density at radius 3 is 2.47 bits per heavy atom. The van der Waals surface area contributed by atoms with Crippen molar-refractivity contribution in [2.24, 2.45) is 11.8 Å². The van der Waals surface area contributed by atoms with E-state index in [-0.39, 0.29) is 18.3 Å². The first-order valence-corrected chi connectivity index (χ1v) is 7.67. The van der Waals surface area contributed by atoms with Crippen molar-refractivity contribution < 1.29 is 4.79 Å². The van der Waals surface area contributed by atoms with Crippen molar-refractivity contribution in [2.45, 2.75) is 65.3 Å². The van der Waals surface area contributed by atoms with E-state index in [9.17, 15) is 4.79 Å². The molecule has 4 heteroatoms. The summed E-state index contributed by atoms with van der Waals surface area (Å²) >= 11 is 0. The molecule has 0 bridgehead atoms. The van der Waals surface area contributed by atoms with Gasteiger partial charge in [0.25, 0.3) is 0 Å². The molecule has 3 nitrogen and oxygen atoms in total. The summed E-state index contributed by atoms with van der Waals surface area (Å²) in [5.41, 5.74) is 0. The summed E-state index contributed by atoms with van der Waals surface area (Å²) in [7, 11) is 0. The fourth-order valence-electron chi connectivity index (χ4n) is 2.89. The number of hydrogen-bond donors (Lipinski definition) is 2. The molecule has 1 heterocycles. The predicted octanol–water partition coefficient (Wildman–Crippen LogP) is 3.13. The van der Waals surface area contributed by atoms with Crippen molar-refractivity contribution in [3.05, 3.63) is 0 Å². The van der Waals surface area contributed by atoms with Crippen LogP contribution in [0.5, 0.6) is 0 Å². The van der Waals surface area contributed by atoms with E-state index in [0.717, 1.165) is 38.3 Å². The van der Waals surface area contributed by atoms with Crippen LogP contribution in [0, 0.1) is 11.8 Å². The number of hydrogen-bond acceptors (Lipinski definition) is 2. The van der Waals surface area contributed by atoms with Crippen LogP contribution in [0.15, 0.2) is 0 Å². The van der Waals surface area contributed by atoms with Crippen molar-refractivity contribution >= 4 is 18.3 Å².